The molecule has 0 aliphatic carbocycles. The first-order valence-electron chi connectivity index (χ1n) is 9.89. The average molecular weight is 410 g/mol. The molecule has 0 saturated heterocycles. The lowest BCUT2D eigenvalue weighted by Gasteiger charge is -2.20. The Labute approximate surface area is 176 Å². The number of hydrogen-bond acceptors (Lipinski definition) is 4. The number of hydrogen-bond donors (Lipinski definition) is 1. The van der Waals surface area contributed by atoms with Gasteiger partial charge in [0.05, 0.1) is 36.4 Å². The van der Waals surface area contributed by atoms with Crippen molar-refractivity contribution in [3.8, 4) is 11.4 Å². The lowest BCUT2D eigenvalue weighted by Crippen LogP contribution is -2.33. The van der Waals surface area contributed by atoms with Crippen LogP contribution in [-0.2, 0) is 11.3 Å². The third kappa shape index (κ3) is 4.86. The predicted molar refractivity (Wildman–Crippen MR) is 116 cm³/mol. The number of nitrogens with one attached hydrogen (secondary N) is 1. The predicted octanol–water partition coefficient (Wildman–Crippen LogP) is 4.10. The van der Waals surface area contributed by atoms with Gasteiger partial charge in [0.25, 0.3) is 0 Å². The molecule has 0 fully saturated rings. The number of carbonyl (C=O) groups is 1. The van der Waals surface area contributed by atoms with Crippen LogP contribution in [0.4, 0.5) is 10.1 Å². The van der Waals surface area contributed by atoms with Crippen molar-refractivity contribution >= 4 is 11.6 Å². The molecule has 1 N–H and O–H groups in total. The van der Waals surface area contributed by atoms with Crippen molar-refractivity contribution in [1.82, 2.24) is 14.7 Å². The van der Waals surface area contributed by atoms with Gasteiger partial charge in [0.15, 0.2) is 11.6 Å². The summed E-state index contributed by atoms with van der Waals surface area (Å²) in [6.45, 7) is 7.09. The van der Waals surface area contributed by atoms with Crippen molar-refractivity contribution in [2.24, 2.45) is 0 Å². The first-order valence-corrected chi connectivity index (χ1v) is 9.89. The standard InChI is InChI=1S/C23H27FN4O2/c1-5-27(14-18-11-12-21(30-4)20(24)13-18)15-22(29)25-23-16(2)26-28(17(23)3)19-9-7-6-8-10-19/h6-13H,5,14-15H2,1-4H3,(H,25,29). The van der Waals surface area contributed by atoms with Crippen LogP contribution < -0.4 is 10.1 Å². The van der Waals surface area contributed by atoms with Crippen molar-refractivity contribution in [2.75, 3.05) is 25.5 Å². The maximum atomic E-state index is 14.0. The molecule has 3 aromatic rings. The second kappa shape index (κ2) is 9.54. The highest BCUT2D eigenvalue weighted by Crippen LogP contribution is 2.23. The monoisotopic (exact) mass is 410 g/mol. The molecule has 0 saturated carbocycles. The number of amides is 1. The van der Waals surface area contributed by atoms with Gasteiger partial charge in [-0.2, -0.15) is 5.10 Å². The molecule has 0 atom stereocenters. The van der Waals surface area contributed by atoms with Crippen LogP contribution in [0.2, 0.25) is 0 Å². The van der Waals surface area contributed by atoms with Crippen LogP contribution in [0.5, 0.6) is 5.75 Å². The molecule has 0 aliphatic heterocycles. The van der Waals surface area contributed by atoms with E-state index in [0.717, 1.165) is 28.3 Å². The van der Waals surface area contributed by atoms with Crippen LogP contribution in [0.15, 0.2) is 48.5 Å². The summed E-state index contributed by atoms with van der Waals surface area (Å²) in [6.07, 6.45) is 0. The summed E-state index contributed by atoms with van der Waals surface area (Å²) in [4.78, 5) is 14.7. The van der Waals surface area contributed by atoms with E-state index in [-0.39, 0.29) is 18.2 Å². The zero-order valence-corrected chi connectivity index (χ0v) is 17.8. The molecule has 0 bridgehead atoms. The smallest absolute Gasteiger partial charge is 0.238 e. The van der Waals surface area contributed by atoms with Gasteiger partial charge in [-0.3, -0.25) is 9.69 Å². The van der Waals surface area contributed by atoms with Gasteiger partial charge in [-0.1, -0.05) is 31.2 Å². The van der Waals surface area contributed by atoms with Crippen LogP contribution in [0, 0.1) is 19.7 Å². The van der Waals surface area contributed by atoms with Gasteiger partial charge in [-0.25, -0.2) is 9.07 Å². The quantitative estimate of drug-likeness (QED) is 0.608. The first kappa shape index (κ1) is 21.5. The Morgan fingerprint density at radius 3 is 2.57 bits per heavy atom. The molecule has 2 aromatic carbocycles. The topological polar surface area (TPSA) is 59.4 Å². The molecular weight excluding hydrogens is 383 g/mol. The Kier molecular flexibility index (Phi) is 6.84. The second-order valence-electron chi connectivity index (χ2n) is 7.11. The van der Waals surface area contributed by atoms with E-state index < -0.39 is 5.82 Å². The fraction of sp³-hybridized carbons (Fsp3) is 0.304. The van der Waals surface area contributed by atoms with Crippen molar-refractivity contribution in [2.45, 2.75) is 27.3 Å². The number of halogens is 1. The molecule has 0 unspecified atom stereocenters. The molecule has 3 rings (SSSR count). The van der Waals surface area contributed by atoms with Gasteiger partial charge in [0.1, 0.15) is 0 Å². The van der Waals surface area contributed by atoms with E-state index >= 15 is 0 Å². The number of methoxy groups -OCH3 is 1. The van der Waals surface area contributed by atoms with Crippen molar-refractivity contribution in [3.63, 3.8) is 0 Å². The number of likely N-dealkylation sites (N-methyl/N-ethyl adjacent to an activating group) is 1. The van der Waals surface area contributed by atoms with E-state index in [9.17, 15) is 9.18 Å². The van der Waals surface area contributed by atoms with Gasteiger partial charge >= 0.3 is 0 Å². The molecular formula is C23H27FN4O2. The minimum Gasteiger partial charge on any atom is -0.494 e. The average Bonchev–Trinajstić information content (AvgIpc) is 3.02. The van der Waals surface area contributed by atoms with Crippen LogP contribution in [0.25, 0.3) is 5.69 Å². The molecule has 0 aliphatic rings. The Hall–Kier alpha value is -3.19. The van der Waals surface area contributed by atoms with Gasteiger partial charge in [0, 0.05) is 6.54 Å². The zero-order chi connectivity index (χ0) is 21.7. The summed E-state index contributed by atoms with van der Waals surface area (Å²) in [6, 6.07) is 14.6. The largest absolute Gasteiger partial charge is 0.494 e. The van der Waals surface area contributed by atoms with Crippen LogP contribution in [0.3, 0.4) is 0 Å². The summed E-state index contributed by atoms with van der Waals surface area (Å²) in [5.41, 5.74) is 4.07. The maximum absolute atomic E-state index is 14.0. The lowest BCUT2D eigenvalue weighted by atomic mass is 10.2. The van der Waals surface area contributed by atoms with Gasteiger partial charge < -0.3 is 10.1 Å². The van der Waals surface area contributed by atoms with Crippen molar-refractivity contribution in [3.05, 3.63) is 71.3 Å². The minimum absolute atomic E-state index is 0.135. The Morgan fingerprint density at radius 1 is 1.20 bits per heavy atom. The van der Waals surface area contributed by atoms with E-state index in [1.165, 1.54) is 13.2 Å². The highest BCUT2D eigenvalue weighted by Gasteiger charge is 2.17. The Bertz CT molecular complexity index is 1020. The molecule has 1 aromatic heterocycles. The molecule has 30 heavy (non-hydrogen) atoms. The van der Waals surface area contributed by atoms with Crippen LogP contribution in [0.1, 0.15) is 23.9 Å². The molecule has 6 nitrogen and oxygen atoms in total. The Balaban J connectivity index is 1.68. The number of aryl methyl sites for hydroxylation is 1. The maximum Gasteiger partial charge on any atom is 0.238 e. The minimum atomic E-state index is -0.407. The Morgan fingerprint density at radius 2 is 1.93 bits per heavy atom. The second-order valence-corrected chi connectivity index (χ2v) is 7.11. The van der Waals surface area contributed by atoms with E-state index in [1.54, 1.807) is 12.1 Å². The first-order chi connectivity index (χ1) is 14.4. The van der Waals surface area contributed by atoms with Gasteiger partial charge in [-0.15, -0.1) is 0 Å². The zero-order valence-electron chi connectivity index (χ0n) is 17.8. The third-order valence-corrected chi connectivity index (χ3v) is 4.99. The highest BCUT2D eigenvalue weighted by molar-refractivity contribution is 5.93. The normalized spacial score (nSPS) is 11.0. The number of benzene rings is 2. The van der Waals surface area contributed by atoms with E-state index in [0.29, 0.717) is 13.1 Å². The number of ether oxygens (including phenoxy) is 1. The van der Waals surface area contributed by atoms with Crippen molar-refractivity contribution in [1.29, 1.82) is 0 Å². The molecule has 0 radical (unpaired) electrons. The van der Waals surface area contributed by atoms with E-state index in [4.69, 9.17) is 4.74 Å². The summed E-state index contributed by atoms with van der Waals surface area (Å²) in [7, 11) is 1.44. The highest BCUT2D eigenvalue weighted by atomic mass is 19.1. The number of carbonyl (C=O) groups excluding carboxylic acids is 1. The third-order valence-electron chi connectivity index (χ3n) is 4.99. The number of aromatic nitrogens is 2. The lowest BCUT2D eigenvalue weighted by molar-refractivity contribution is -0.117. The van der Waals surface area contributed by atoms with E-state index in [1.807, 2.05) is 60.7 Å². The molecule has 1 amide bonds. The number of rotatable bonds is 8. The van der Waals surface area contributed by atoms with Crippen molar-refractivity contribution < 1.29 is 13.9 Å². The summed E-state index contributed by atoms with van der Waals surface area (Å²) >= 11 is 0. The van der Waals surface area contributed by atoms with E-state index in [2.05, 4.69) is 10.4 Å². The molecule has 7 heteroatoms. The summed E-state index contributed by atoms with van der Waals surface area (Å²) in [5.74, 6) is -0.333. The SMILES string of the molecule is CCN(CC(=O)Nc1c(C)nn(-c2ccccc2)c1C)Cc1ccc(OC)c(F)c1. The summed E-state index contributed by atoms with van der Waals surface area (Å²) in [5, 5.41) is 7.55. The molecule has 158 valence electrons. The number of para-hydroxylation sites is 1. The van der Waals surface area contributed by atoms with Crippen LogP contribution in [-0.4, -0.2) is 40.8 Å². The van der Waals surface area contributed by atoms with Gasteiger partial charge in [0.2, 0.25) is 5.91 Å². The molecule has 1 heterocycles. The fourth-order valence-corrected chi connectivity index (χ4v) is 3.37. The number of nitrogens with zero attached hydrogens (tertiary/aromatic N) is 3. The number of anilines is 1. The summed E-state index contributed by atoms with van der Waals surface area (Å²) < 4.78 is 20.7. The van der Waals surface area contributed by atoms with Gasteiger partial charge in [-0.05, 0) is 50.2 Å². The molecule has 0 spiro atoms. The van der Waals surface area contributed by atoms with Crippen LogP contribution >= 0.6 is 0 Å². The fourth-order valence-electron chi connectivity index (χ4n) is 3.37.